The first-order valence-corrected chi connectivity index (χ1v) is 21.3. The van der Waals surface area contributed by atoms with Crippen LogP contribution in [0.2, 0.25) is 10.1 Å². The molecule has 0 aliphatic heterocycles. The van der Waals surface area contributed by atoms with Gasteiger partial charge in [-0.15, -0.1) is 6.58 Å². The Morgan fingerprint density at radius 2 is 1.02 bits per heavy atom. The molecule has 0 amide bonds. The lowest BCUT2D eigenvalue weighted by Crippen LogP contribution is -2.71. The molecule has 1 saturated carbocycles. The fourth-order valence-electron chi connectivity index (χ4n) is 7.70. The van der Waals surface area contributed by atoms with E-state index in [2.05, 4.69) is 176 Å². The molecule has 0 spiro atoms. The van der Waals surface area contributed by atoms with E-state index in [4.69, 9.17) is 20.2 Å². The molecule has 1 radical (unpaired) electrons. The molecule has 5 heteroatoms. The zero-order chi connectivity index (χ0) is 35.3. The summed E-state index contributed by atoms with van der Waals surface area (Å²) in [5, 5.41) is 4.45. The van der Waals surface area contributed by atoms with Gasteiger partial charge in [-0.2, -0.15) is 0 Å². The summed E-state index contributed by atoms with van der Waals surface area (Å²) in [7, 11) is -5.96. The van der Waals surface area contributed by atoms with Gasteiger partial charge in [-0.1, -0.05) is 176 Å². The van der Waals surface area contributed by atoms with Gasteiger partial charge in [0.1, 0.15) is 6.10 Å². The van der Waals surface area contributed by atoms with Crippen LogP contribution < -0.4 is 20.7 Å². The molecule has 3 nitrogen and oxygen atoms in total. The third kappa shape index (κ3) is 7.06. The quantitative estimate of drug-likeness (QED) is 0.118. The summed E-state index contributed by atoms with van der Waals surface area (Å²) in [6.07, 6.45) is 4.71. The normalized spacial score (nSPS) is 19.9. The fraction of sp³-hybridized carbons (Fsp3) is 0.318. The molecule has 4 aromatic rings. The van der Waals surface area contributed by atoms with Gasteiger partial charge in [0.2, 0.25) is 0 Å². The summed E-state index contributed by atoms with van der Waals surface area (Å²) < 4.78 is 22.6. The largest absolute Gasteiger partial charge is 0.401 e. The monoisotopic (exact) mass is 685 g/mol. The Balaban J connectivity index is 1.74. The van der Waals surface area contributed by atoms with Crippen molar-refractivity contribution in [2.75, 3.05) is 6.61 Å². The van der Waals surface area contributed by atoms with Crippen LogP contribution >= 0.6 is 0 Å². The van der Waals surface area contributed by atoms with E-state index < -0.39 is 28.8 Å². The lowest BCUT2D eigenvalue weighted by molar-refractivity contribution is -0.0759. The molecule has 1 aliphatic rings. The number of benzene rings is 4. The Hall–Kier alpha value is -3.59. The summed E-state index contributed by atoms with van der Waals surface area (Å²) in [4.78, 5) is 0. The molecular weight excluding hydrogens is 633 g/mol. The summed E-state index contributed by atoms with van der Waals surface area (Å²) in [5.41, 5.74) is 1.94. The Kier molecular flexibility index (Phi) is 11.3. The summed E-state index contributed by atoms with van der Waals surface area (Å²) in [6, 6.07) is 43.2. The van der Waals surface area contributed by atoms with Gasteiger partial charge in [-0.25, -0.2) is 0 Å². The highest BCUT2D eigenvalue weighted by Crippen LogP contribution is 2.45. The molecule has 0 aromatic heterocycles. The van der Waals surface area contributed by atoms with E-state index in [9.17, 15) is 0 Å². The maximum absolute atomic E-state index is 7.87. The molecule has 3 unspecified atom stereocenters. The topological polar surface area (TPSA) is 27.7 Å². The van der Waals surface area contributed by atoms with Gasteiger partial charge in [0.15, 0.2) is 0 Å². The molecule has 0 saturated heterocycles. The van der Waals surface area contributed by atoms with Crippen molar-refractivity contribution < 1.29 is 13.6 Å². The Labute approximate surface area is 297 Å². The zero-order valence-corrected chi connectivity index (χ0v) is 32.4. The van der Waals surface area contributed by atoms with Gasteiger partial charge in [0.25, 0.3) is 16.6 Å². The predicted octanol–water partition coefficient (Wildman–Crippen LogP) is 8.16. The van der Waals surface area contributed by atoms with Crippen LogP contribution in [0, 0.1) is 6.08 Å². The number of rotatable bonds is 11. The van der Waals surface area contributed by atoms with Crippen molar-refractivity contribution in [3.8, 4) is 0 Å². The van der Waals surface area contributed by atoms with Crippen LogP contribution in [0.5, 0.6) is 0 Å². The highest BCUT2D eigenvalue weighted by Gasteiger charge is 2.57. The highest BCUT2D eigenvalue weighted by molar-refractivity contribution is 7.00. The molecule has 255 valence electrons. The van der Waals surface area contributed by atoms with Crippen LogP contribution in [-0.2, 0) is 13.6 Å². The number of hydrogen-bond acceptors (Lipinski definition) is 3. The first kappa shape index (κ1) is 36.7. The molecule has 0 N–H and O–H groups in total. The molecule has 3 atom stereocenters. The molecule has 1 fully saturated rings. The summed E-state index contributed by atoms with van der Waals surface area (Å²) in [6.45, 7) is 25.0. The van der Waals surface area contributed by atoms with E-state index in [1.54, 1.807) is 0 Å². The Bertz CT molecular complexity index is 1630. The molecule has 0 bridgehead atoms. The fourth-order valence-corrected chi connectivity index (χ4v) is 17.1. The second kappa shape index (κ2) is 15.1. The van der Waals surface area contributed by atoms with Crippen molar-refractivity contribution in [3.63, 3.8) is 0 Å². The Morgan fingerprint density at radius 1 is 0.653 bits per heavy atom. The van der Waals surface area contributed by atoms with Crippen molar-refractivity contribution in [2.24, 2.45) is 0 Å². The number of hydrogen-bond donors (Lipinski definition) is 0. The third-order valence-electron chi connectivity index (χ3n) is 9.98. The van der Waals surface area contributed by atoms with Gasteiger partial charge >= 0.3 is 0 Å². The van der Waals surface area contributed by atoms with E-state index in [0.29, 0.717) is 13.0 Å². The standard InChI is InChI=1S/C44H53O3Si2/c1-10-32-45-42-40(46-48(43(4,5)6,36-24-16-12-17-25-36)37-26-18-13-19-27-37)33-35(11-2)34(3)41(42)47-49(44(7,8)9,38-28-20-14-21-29-38)39-30-22-15-23-31-39/h10,12-31,40-42H,1,3,32-33H2,2,4-9H3. The predicted molar refractivity (Wildman–Crippen MR) is 211 cm³/mol. The van der Waals surface area contributed by atoms with Crippen molar-refractivity contribution >= 4 is 37.4 Å². The minimum atomic E-state index is -3.01. The van der Waals surface area contributed by atoms with Gasteiger partial charge in [0, 0.05) is 6.42 Å². The first-order valence-electron chi connectivity index (χ1n) is 17.4. The van der Waals surface area contributed by atoms with Crippen molar-refractivity contribution in [3.05, 3.63) is 158 Å². The smallest absolute Gasteiger partial charge is 0.262 e. The van der Waals surface area contributed by atoms with Crippen molar-refractivity contribution in [2.45, 2.75) is 83.3 Å². The molecule has 4 aromatic carbocycles. The molecular formula is C44H53O3Si2. The van der Waals surface area contributed by atoms with Gasteiger partial charge in [0.05, 0.1) is 18.8 Å². The highest BCUT2D eigenvalue weighted by atomic mass is 28.4. The van der Waals surface area contributed by atoms with E-state index in [-0.39, 0.29) is 16.2 Å². The maximum atomic E-state index is 7.87. The van der Waals surface area contributed by atoms with E-state index >= 15 is 0 Å². The van der Waals surface area contributed by atoms with Crippen LogP contribution in [0.4, 0.5) is 0 Å². The molecule has 5 rings (SSSR count). The van der Waals surface area contributed by atoms with Crippen LogP contribution in [-0.4, -0.2) is 41.6 Å². The lowest BCUT2D eigenvalue weighted by atomic mass is 9.84. The van der Waals surface area contributed by atoms with Gasteiger partial charge < -0.3 is 13.6 Å². The van der Waals surface area contributed by atoms with E-state index in [1.165, 1.54) is 20.7 Å². The molecule has 49 heavy (non-hydrogen) atoms. The molecule has 0 heterocycles. The minimum Gasteiger partial charge on any atom is -0.401 e. The van der Waals surface area contributed by atoms with Crippen LogP contribution in [0.1, 0.15) is 54.9 Å². The lowest BCUT2D eigenvalue weighted by Gasteiger charge is -2.52. The Morgan fingerprint density at radius 3 is 1.35 bits per heavy atom. The van der Waals surface area contributed by atoms with Crippen LogP contribution in [0.3, 0.4) is 0 Å². The van der Waals surface area contributed by atoms with E-state index in [0.717, 1.165) is 11.1 Å². The summed E-state index contributed by atoms with van der Waals surface area (Å²) in [5.74, 6) is 0. The SMILES string of the molecule is C=CCOC1C(O[Si](c2ccccc2)(c2ccccc2)C(C)(C)C)C/C(=[C]/C)C(=C)C1O[Si](c1ccccc1)(c1ccccc1)C(C)(C)C. The average molecular weight is 686 g/mol. The maximum Gasteiger partial charge on any atom is 0.262 e. The zero-order valence-electron chi connectivity index (χ0n) is 30.4. The van der Waals surface area contributed by atoms with Crippen molar-refractivity contribution in [1.29, 1.82) is 0 Å². The second-order valence-corrected chi connectivity index (χ2v) is 23.6. The second-order valence-electron chi connectivity index (χ2n) is 15.1. The van der Waals surface area contributed by atoms with Gasteiger partial charge in [-0.3, -0.25) is 0 Å². The van der Waals surface area contributed by atoms with Gasteiger partial charge in [-0.05, 0) is 55.0 Å². The number of allylic oxidation sites excluding steroid dienone is 1. The minimum absolute atomic E-state index is 0.207. The van der Waals surface area contributed by atoms with Crippen molar-refractivity contribution in [1.82, 2.24) is 0 Å². The third-order valence-corrected chi connectivity index (χ3v) is 20.0. The van der Waals surface area contributed by atoms with E-state index in [1.807, 2.05) is 13.0 Å². The van der Waals surface area contributed by atoms with Crippen LogP contribution in [0.15, 0.2) is 152 Å². The van der Waals surface area contributed by atoms with Crippen LogP contribution in [0.25, 0.3) is 0 Å². The first-order chi connectivity index (χ1) is 23.4. The average Bonchev–Trinajstić information content (AvgIpc) is 3.10. The number of ether oxygens (including phenoxy) is 1. The summed E-state index contributed by atoms with van der Waals surface area (Å²) >= 11 is 0. The molecule has 1 aliphatic carbocycles.